The first-order valence-corrected chi connectivity index (χ1v) is 7.02. The predicted octanol–water partition coefficient (Wildman–Crippen LogP) is 3.89. The van der Waals surface area contributed by atoms with Crippen molar-refractivity contribution in [1.82, 2.24) is 0 Å². The third-order valence-electron chi connectivity index (χ3n) is 2.86. The van der Waals surface area contributed by atoms with Crippen molar-refractivity contribution in [3.63, 3.8) is 0 Å². The molecule has 0 atom stereocenters. The summed E-state index contributed by atoms with van der Waals surface area (Å²) in [5.41, 5.74) is 0.724. The van der Waals surface area contributed by atoms with E-state index in [1.54, 1.807) is 18.2 Å². The Labute approximate surface area is 124 Å². The molecule has 110 valence electrons. The molecule has 2 rings (SSSR count). The van der Waals surface area contributed by atoms with Gasteiger partial charge in [-0.2, -0.15) is 0 Å². The Morgan fingerprint density at radius 2 is 1.95 bits per heavy atom. The van der Waals surface area contributed by atoms with Crippen molar-refractivity contribution >= 4 is 17.7 Å². The molecule has 0 radical (unpaired) electrons. The summed E-state index contributed by atoms with van der Waals surface area (Å²) < 4.78 is 10.8. The molecule has 0 aliphatic heterocycles. The molecule has 1 amide bonds. The van der Waals surface area contributed by atoms with Crippen molar-refractivity contribution in [2.24, 2.45) is 0 Å². The van der Waals surface area contributed by atoms with E-state index in [2.05, 4.69) is 5.32 Å². The number of hydrogen-bond donors (Lipinski definition) is 1. The molecule has 21 heavy (non-hydrogen) atoms. The second-order valence-corrected chi connectivity index (χ2v) is 4.44. The van der Waals surface area contributed by atoms with E-state index in [4.69, 9.17) is 9.15 Å². The summed E-state index contributed by atoms with van der Waals surface area (Å²) in [6.45, 7) is 4.57. The third kappa shape index (κ3) is 4.53. The smallest absolute Gasteiger partial charge is 0.248 e. The average Bonchev–Trinajstić information content (AvgIpc) is 2.96. The van der Waals surface area contributed by atoms with Crippen LogP contribution in [0.1, 0.15) is 25.4 Å². The fourth-order valence-corrected chi connectivity index (χ4v) is 1.82. The topological polar surface area (TPSA) is 51.5 Å². The minimum absolute atomic E-state index is 0.200. The van der Waals surface area contributed by atoms with Crippen LogP contribution in [0.2, 0.25) is 0 Å². The molecular weight excluding hydrogens is 266 g/mol. The molecule has 0 unspecified atom stereocenters. The summed E-state index contributed by atoms with van der Waals surface area (Å²) in [5.74, 6) is 2.16. The van der Waals surface area contributed by atoms with E-state index in [1.807, 2.05) is 38.1 Å². The Morgan fingerprint density at radius 3 is 2.57 bits per heavy atom. The Balaban J connectivity index is 1.91. The van der Waals surface area contributed by atoms with Gasteiger partial charge in [-0.25, -0.2) is 0 Å². The molecule has 1 aromatic heterocycles. The maximum absolute atomic E-state index is 11.8. The summed E-state index contributed by atoms with van der Waals surface area (Å²) in [6, 6.07) is 11.0. The van der Waals surface area contributed by atoms with Crippen LogP contribution in [0.4, 0.5) is 5.69 Å². The molecule has 0 aliphatic rings. The SMILES string of the molecule is CCOc1ccc(NC(=O)/C=C/c2ccc(CC)o2)cc1. The number of nitrogens with one attached hydrogen (secondary N) is 1. The average molecular weight is 285 g/mol. The Bertz CT molecular complexity index is 611. The molecular formula is C17H19NO3. The van der Waals surface area contributed by atoms with E-state index in [9.17, 15) is 4.79 Å². The van der Waals surface area contributed by atoms with Crippen LogP contribution in [0.5, 0.6) is 5.75 Å². The summed E-state index contributed by atoms with van der Waals surface area (Å²) in [7, 11) is 0. The zero-order valence-corrected chi connectivity index (χ0v) is 12.3. The van der Waals surface area contributed by atoms with Gasteiger partial charge in [-0.15, -0.1) is 0 Å². The lowest BCUT2D eigenvalue weighted by molar-refractivity contribution is -0.111. The van der Waals surface area contributed by atoms with Crippen LogP contribution >= 0.6 is 0 Å². The molecule has 1 aromatic carbocycles. The second kappa shape index (κ2) is 7.33. The quantitative estimate of drug-likeness (QED) is 0.819. The number of anilines is 1. The van der Waals surface area contributed by atoms with Crippen LogP contribution in [0.25, 0.3) is 6.08 Å². The zero-order valence-electron chi connectivity index (χ0n) is 12.3. The first-order chi connectivity index (χ1) is 10.2. The molecule has 0 saturated heterocycles. The predicted molar refractivity (Wildman–Crippen MR) is 83.4 cm³/mol. The van der Waals surface area contributed by atoms with Crippen molar-refractivity contribution in [3.05, 3.63) is 54.0 Å². The number of carbonyl (C=O) groups is 1. The maximum atomic E-state index is 11.8. The van der Waals surface area contributed by atoms with Crippen LogP contribution in [0.15, 0.2) is 46.9 Å². The minimum atomic E-state index is -0.200. The Kier molecular flexibility index (Phi) is 5.21. The van der Waals surface area contributed by atoms with Crippen LogP contribution in [-0.4, -0.2) is 12.5 Å². The molecule has 0 fully saturated rings. The van der Waals surface area contributed by atoms with Crippen molar-refractivity contribution in [3.8, 4) is 5.75 Å². The lowest BCUT2D eigenvalue weighted by atomic mass is 10.3. The summed E-state index contributed by atoms with van der Waals surface area (Å²) in [6.07, 6.45) is 3.95. The van der Waals surface area contributed by atoms with Gasteiger partial charge in [0.25, 0.3) is 0 Å². The van der Waals surface area contributed by atoms with Crippen LogP contribution in [0, 0.1) is 0 Å². The lowest BCUT2D eigenvalue weighted by Gasteiger charge is -2.05. The number of benzene rings is 1. The molecule has 1 heterocycles. The number of rotatable bonds is 6. The van der Waals surface area contributed by atoms with Gasteiger partial charge in [-0.1, -0.05) is 6.92 Å². The maximum Gasteiger partial charge on any atom is 0.248 e. The molecule has 1 N–H and O–H groups in total. The van der Waals surface area contributed by atoms with Crippen molar-refractivity contribution in [2.75, 3.05) is 11.9 Å². The highest BCUT2D eigenvalue weighted by molar-refractivity contribution is 6.01. The Morgan fingerprint density at radius 1 is 1.19 bits per heavy atom. The summed E-state index contributed by atoms with van der Waals surface area (Å²) in [4.78, 5) is 11.8. The number of carbonyl (C=O) groups excluding carboxylic acids is 1. The fourth-order valence-electron chi connectivity index (χ4n) is 1.82. The van der Waals surface area contributed by atoms with Gasteiger partial charge in [0.2, 0.25) is 5.91 Å². The Hall–Kier alpha value is -2.49. The molecule has 4 nitrogen and oxygen atoms in total. The number of aryl methyl sites for hydroxylation is 1. The van der Waals surface area contributed by atoms with Crippen molar-refractivity contribution in [1.29, 1.82) is 0 Å². The van der Waals surface area contributed by atoms with Gasteiger partial charge in [-0.05, 0) is 49.4 Å². The number of amides is 1. The van der Waals surface area contributed by atoms with Gasteiger partial charge < -0.3 is 14.5 Å². The molecule has 4 heteroatoms. The van der Waals surface area contributed by atoms with Crippen LogP contribution < -0.4 is 10.1 Å². The zero-order chi connectivity index (χ0) is 15.1. The third-order valence-corrected chi connectivity index (χ3v) is 2.86. The number of hydrogen-bond acceptors (Lipinski definition) is 3. The van der Waals surface area contributed by atoms with E-state index in [0.717, 1.165) is 23.6 Å². The molecule has 0 bridgehead atoms. The van der Waals surface area contributed by atoms with Crippen molar-refractivity contribution < 1.29 is 13.9 Å². The van der Waals surface area contributed by atoms with Crippen LogP contribution in [-0.2, 0) is 11.2 Å². The minimum Gasteiger partial charge on any atom is -0.494 e. The highest BCUT2D eigenvalue weighted by Crippen LogP contribution is 2.16. The molecule has 0 aliphatic carbocycles. The van der Waals surface area contributed by atoms with E-state index in [1.165, 1.54) is 6.08 Å². The largest absolute Gasteiger partial charge is 0.494 e. The molecule has 0 saturated carbocycles. The summed E-state index contributed by atoms with van der Waals surface area (Å²) >= 11 is 0. The van der Waals surface area contributed by atoms with Gasteiger partial charge in [0.1, 0.15) is 17.3 Å². The fraction of sp³-hybridized carbons (Fsp3) is 0.235. The van der Waals surface area contributed by atoms with Crippen molar-refractivity contribution in [2.45, 2.75) is 20.3 Å². The second-order valence-electron chi connectivity index (χ2n) is 4.44. The number of ether oxygens (including phenoxy) is 1. The highest BCUT2D eigenvalue weighted by atomic mass is 16.5. The van der Waals surface area contributed by atoms with Gasteiger partial charge in [0, 0.05) is 18.2 Å². The lowest BCUT2D eigenvalue weighted by Crippen LogP contribution is -2.07. The van der Waals surface area contributed by atoms with Gasteiger partial charge in [0.05, 0.1) is 6.61 Å². The van der Waals surface area contributed by atoms with Crippen LogP contribution in [0.3, 0.4) is 0 Å². The van der Waals surface area contributed by atoms with E-state index in [0.29, 0.717) is 12.4 Å². The highest BCUT2D eigenvalue weighted by Gasteiger charge is 2.00. The van der Waals surface area contributed by atoms with E-state index < -0.39 is 0 Å². The number of furan rings is 1. The first kappa shape index (κ1) is 14.9. The van der Waals surface area contributed by atoms with Gasteiger partial charge in [-0.3, -0.25) is 4.79 Å². The summed E-state index contributed by atoms with van der Waals surface area (Å²) in [5, 5.41) is 2.78. The standard InChI is InChI=1S/C17H19NO3/c1-3-14-9-10-16(21-14)11-12-17(19)18-13-5-7-15(8-6-13)20-4-2/h5-12H,3-4H2,1-2H3,(H,18,19)/b12-11+. The van der Waals surface area contributed by atoms with Gasteiger partial charge >= 0.3 is 0 Å². The van der Waals surface area contributed by atoms with E-state index >= 15 is 0 Å². The monoisotopic (exact) mass is 285 g/mol. The van der Waals surface area contributed by atoms with E-state index in [-0.39, 0.29) is 5.91 Å². The molecule has 0 spiro atoms. The first-order valence-electron chi connectivity index (χ1n) is 7.02. The molecule has 2 aromatic rings. The normalized spacial score (nSPS) is 10.8. The van der Waals surface area contributed by atoms with Gasteiger partial charge in [0.15, 0.2) is 0 Å².